The molecule has 1 aromatic carbocycles. The van der Waals surface area contributed by atoms with Crippen molar-refractivity contribution in [3.8, 4) is 0 Å². The van der Waals surface area contributed by atoms with Gasteiger partial charge in [0, 0.05) is 58.3 Å². The van der Waals surface area contributed by atoms with E-state index in [2.05, 4.69) is 22.2 Å². The molecule has 4 saturated heterocycles. The van der Waals surface area contributed by atoms with Gasteiger partial charge in [0.15, 0.2) is 11.6 Å². The van der Waals surface area contributed by atoms with Gasteiger partial charge >= 0.3 is 0 Å². The zero-order valence-corrected chi connectivity index (χ0v) is 21.7. The molecule has 10 heteroatoms. The largest absolute Gasteiger partial charge is 0.348 e. The third-order valence-electron chi connectivity index (χ3n) is 9.05. The highest BCUT2D eigenvalue weighted by Crippen LogP contribution is 2.34. The SMILES string of the molecule is CC(=O)N1CCC(N(C)[C@H]2C[C@H]3C(=O)NC4(CCN(Cc5ccc(F)c(F)c5)CC4)CC(=O)N3C2)CC1. The van der Waals surface area contributed by atoms with Crippen LogP contribution in [0.1, 0.15) is 51.0 Å². The van der Waals surface area contributed by atoms with Crippen LogP contribution in [0, 0.1) is 11.6 Å². The molecular formula is C27H37F2N5O3. The molecule has 0 saturated carbocycles. The number of likely N-dealkylation sites (tertiary alicyclic amines) is 2. The van der Waals surface area contributed by atoms with Gasteiger partial charge in [-0.3, -0.25) is 24.2 Å². The lowest BCUT2D eigenvalue weighted by molar-refractivity contribution is -0.136. The summed E-state index contributed by atoms with van der Waals surface area (Å²) in [5.41, 5.74) is 0.155. The number of carbonyl (C=O) groups is 3. The molecule has 0 unspecified atom stereocenters. The molecule has 0 aliphatic carbocycles. The van der Waals surface area contributed by atoms with Crippen LogP contribution in [0.5, 0.6) is 0 Å². The van der Waals surface area contributed by atoms with Crippen molar-refractivity contribution < 1.29 is 23.2 Å². The number of nitrogens with zero attached hydrogens (tertiary/aromatic N) is 4. The average molecular weight is 518 g/mol. The smallest absolute Gasteiger partial charge is 0.243 e. The number of hydrogen-bond donors (Lipinski definition) is 1. The number of hydrogen-bond acceptors (Lipinski definition) is 5. The van der Waals surface area contributed by atoms with Crippen molar-refractivity contribution in [1.29, 1.82) is 0 Å². The quantitative estimate of drug-likeness (QED) is 0.659. The Morgan fingerprint density at radius 3 is 2.43 bits per heavy atom. The normalized spacial score (nSPS) is 26.9. The maximum absolute atomic E-state index is 13.6. The van der Waals surface area contributed by atoms with Crippen molar-refractivity contribution in [2.75, 3.05) is 39.8 Å². The Hall–Kier alpha value is -2.59. The number of benzene rings is 1. The number of fused-ring (bicyclic) bond motifs is 1. The second-order valence-electron chi connectivity index (χ2n) is 11.3. The average Bonchev–Trinajstić information content (AvgIpc) is 3.30. The molecule has 4 aliphatic rings. The maximum atomic E-state index is 13.6. The number of amides is 3. The fourth-order valence-electron chi connectivity index (χ4n) is 6.64. The van der Waals surface area contributed by atoms with Crippen LogP contribution in [0.3, 0.4) is 0 Å². The van der Waals surface area contributed by atoms with Crippen molar-refractivity contribution >= 4 is 17.7 Å². The molecule has 1 spiro atoms. The molecule has 4 fully saturated rings. The summed E-state index contributed by atoms with van der Waals surface area (Å²) in [7, 11) is 2.08. The van der Waals surface area contributed by atoms with E-state index in [-0.39, 0.29) is 23.8 Å². The van der Waals surface area contributed by atoms with Crippen molar-refractivity contribution in [2.45, 2.75) is 75.7 Å². The van der Waals surface area contributed by atoms with E-state index < -0.39 is 23.2 Å². The second-order valence-corrected chi connectivity index (χ2v) is 11.3. The lowest BCUT2D eigenvalue weighted by atomic mass is 9.84. The summed E-state index contributed by atoms with van der Waals surface area (Å²) in [5, 5.41) is 3.25. The van der Waals surface area contributed by atoms with Gasteiger partial charge in [-0.15, -0.1) is 0 Å². The van der Waals surface area contributed by atoms with Gasteiger partial charge in [0.05, 0.1) is 12.0 Å². The molecule has 1 N–H and O–H groups in total. The first-order valence-electron chi connectivity index (χ1n) is 13.4. The summed E-state index contributed by atoms with van der Waals surface area (Å²) in [6.45, 7) is 5.50. The minimum Gasteiger partial charge on any atom is -0.348 e. The van der Waals surface area contributed by atoms with E-state index in [4.69, 9.17) is 0 Å². The van der Waals surface area contributed by atoms with Crippen LogP contribution >= 0.6 is 0 Å². The van der Waals surface area contributed by atoms with Crippen LogP contribution in [0.2, 0.25) is 0 Å². The van der Waals surface area contributed by atoms with E-state index in [1.807, 2.05) is 4.90 Å². The first-order valence-corrected chi connectivity index (χ1v) is 13.4. The summed E-state index contributed by atoms with van der Waals surface area (Å²) in [6, 6.07) is 3.98. The minimum absolute atomic E-state index is 0.0275. The van der Waals surface area contributed by atoms with Crippen molar-refractivity contribution in [3.05, 3.63) is 35.4 Å². The summed E-state index contributed by atoms with van der Waals surface area (Å²) in [6.07, 6.45) is 4.02. The zero-order chi connectivity index (χ0) is 26.3. The van der Waals surface area contributed by atoms with E-state index in [1.54, 1.807) is 17.9 Å². The van der Waals surface area contributed by atoms with E-state index in [1.165, 1.54) is 6.07 Å². The zero-order valence-electron chi connectivity index (χ0n) is 21.7. The molecule has 37 heavy (non-hydrogen) atoms. The lowest BCUT2D eigenvalue weighted by Gasteiger charge is -2.41. The van der Waals surface area contributed by atoms with Crippen LogP contribution < -0.4 is 5.32 Å². The monoisotopic (exact) mass is 517 g/mol. The Morgan fingerprint density at radius 1 is 1.08 bits per heavy atom. The Bertz CT molecular complexity index is 1020. The number of piperidine rings is 2. The highest BCUT2D eigenvalue weighted by atomic mass is 19.2. The number of nitrogens with one attached hydrogen (secondary N) is 1. The summed E-state index contributed by atoms with van der Waals surface area (Å²) < 4.78 is 26.8. The van der Waals surface area contributed by atoms with Crippen LogP contribution in [0.4, 0.5) is 8.78 Å². The van der Waals surface area contributed by atoms with Crippen LogP contribution in [0.25, 0.3) is 0 Å². The highest BCUT2D eigenvalue weighted by molar-refractivity contribution is 5.92. The fourth-order valence-corrected chi connectivity index (χ4v) is 6.64. The number of rotatable bonds is 4. The molecule has 2 atom stereocenters. The molecule has 4 aliphatic heterocycles. The third kappa shape index (κ3) is 5.36. The van der Waals surface area contributed by atoms with Gasteiger partial charge in [-0.05, 0) is 56.8 Å². The van der Waals surface area contributed by atoms with Gasteiger partial charge in [0.25, 0.3) is 0 Å². The van der Waals surface area contributed by atoms with E-state index in [9.17, 15) is 23.2 Å². The predicted molar refractivity (Wildman–Crippen MR) is 133 cm³/mol. The van der Waals surface area contributed by atoms with Gasteiger partial charge < -0.3 is 15.1 Å². The molecule has 0 radical (unpaired) electrons. The standard InChI is InChI=1S/C27H37F2N5O3/c1-18(35)33-9-5-20(6-10-33)31(2)21-14-24-26(37)30-27(15-25(36)34(24)17-21)7-11-32(12-8-27)16-19-3-4-22(28)23(29)13-19/h3-4,13,20-21,24H,5-12,14-17H2,1-2H3,(H,30,37)/t21-,24-/m0/s1. The fraction of sp³-hybridized carbons (Fsp3) is 0.667. The Balaban J connectivity index is 1.17. The molecule has 8 nitrogen and oxygen atoms in total. The van der Waals surface area contributed by atoms with Gasteiger partial charge in [0.2, 0.25) is 17.7 Å². The predicted octanol–water partition coefficient (Wildman–Crippen LogP) is 1.73. The summed E-state index contributed by atoms with van der Waals surface area (Å²) >= 11 is 0. The maximum Gasteiger partial charge on any atom is 0.243 e. The van der Waals surface area contributed by atoms with Crippen molar-refractivity contribution in [3.63, 3.8) is 0 Å². The van der Waals surface area contributed by atoms with Crippen LogP contribution in [0.15, 0.2) is 18.2 Å². The van der Waals surface area contributed by atoms with Crippen LogP contribution in [-0.4, -0.2) is 101 Å². The summed E-state index contributed by atoms with van der Waals surface area (Å²) in [5.74, 6) is -1.63. The van der Waals surface area contributed by atoms with Crippen LogP contribution in [-0.2, 0) is 20.9 Å². The van der Waals surface area contributed by atoms with E-state index in [0.717, 1.165) is 32.0 Å². The topological polar surface area (TPSA) is 76.2 Å². The molecule has 4 heterocycles. The Kier molecular flexibility index (Phi) is 7.24. The Labute approximate surface area is 216 Å². The molecule has 5 rings (SSSR count). The van der Waals surface area contributed by atoms with Gasteiger partial charge in [-0.1, -0.05) is 6.07 Å². The number of likely N-dealkylation sites (N-methyl/N-ethyl adjacent to an activating group) is 1. The first kappa shape index (κ1) is 26.0. The molecular weight excluding hydrogens is 480 g/mol. The summed E-state index contributed by atoms with van der Waals surface area (Å²) in [4.78, 5) is 46.6. The van der Waals surface area contributed by atoms with Crippen molar-refractivity contribution in [2.24, 2.45) is 0 Å². The van der Waals surface area contributed by atoms with E-state index in [0.29, 0.717) is 63.5 Å². The van der Waals surface area contributed by atoms with Crippen molar-refractivity contribution in [1.82, 2.24) is 24.9 Å². The minimum atomic E-state index is -0.853. The van der Waals surface area contributed by atoms with E-state index >= 15 is 0 Å². The van der Waals surface area contributed by atoms with Gasteiger partial charge in [-0.2, -0.15) is 0 Å². The lowest BCUT2D eigenvalue weighted by Crippen LogP contribution is -2.56. The van der Waals surface area contributed by atoms with Gasteiger partial charge in [0.1, 0.15) is 6.04 Å². The van der Waals surface area contributed by atoms with Gasteiger partial charge in [-0.25, -0.2) is 8.78 Å². The Morgan fingerprint density at radius 2 is 1.78 bits per heavy atom. The first-order chi connectivity index (χ1) is 17.6. The molecule has 0 aromatic heterocycles. The molecule has 0 bridgehead atoms. The number of halogens is 2. The molecule has 1 aromatic rings. The third-order valence-corrected chi connectivity index (χ3v) is 9.05. The molecule has 3 amide bonds. The molecule has 202 valence electrons. The number of carbonyl (C=O) groups excluding carboxylic acids is 3. The second kappa shape index (κ2) is 10.3. The highest BCUT2D eigenvalue weighted by Gasteiger charge is 2.50.